The molecule has 0 spiro atoms. The van der Waals surface area contributed by atoms with Crippen molar-refractivity contribution in [2.45, 2.75) is 0 Å². The summed E-state index contributed by atoms with van der Waals surface area (Å²) in [7, 11) is 0. The van der Waals surface area contributed by atoms with E-state index in [1.54, 1.807) is 6.08 Å². The SMILES string of the molecule is C=CCNc1ccnc(N)c1[N+](=O)[O-]. The Morgan fingerprint density at radius 1 is 1.79 bits per heavy atom. The van der Waals surface area contributed by atoms with Gasteiger partial charge in [0.2, 0.25) is 5.82 Å². The van der Waals surface area contributed by atoms with Gasteiger partial charge in [-0.1, -0.05) is 6.08 Å². The molecule has 1 heterocycles. The smallest absolute Gasteiger partial charge is 0.333 e. The molecule has 74 valence electrons. The fourth-order valence-corrected chi connectivity index (χ4v) is 0.987. The molecule has 0 saturated carbocycles. The number of nitrogens with zero attached hydrogens (tertiary/aromatic N) is 2. The van der Waals surface area contributed by atoms with Crippen LogP contribution in [0.5, 0.6) is 0 Å². The Balaban J connectivity index is 3.07. The van der Waals surface area contributed by atoms with E-state index in [2.05, 4.69) is 16.9 Å². The molecule has 0 aliphatic rings. The molecular weight excluding hydrogens is 184 g/mol. The second kappa shape index (κ2) is 4.22. The number of nitrogens with one attached hydrogen (secondary N) is 1. The van der Waals surface area contributed by atoms with Crippen LogP contribution in [0, 0.1) is 10.1 Å². The van der Waals surface area contributed by atoms with Crippen molar-refractivity contribution >= 4 is 17.2 Å². The number of anilines is 2. The van der Waals surface area contributed by atoms with Crippen LogP contribution in [0.3, 0.4) is 0 Å². The topological polar surface area (TPSA) is 94.1 Å². The number of hydrogen-bond acceptors (Lipinski definition) is 5. The largest absolute Gasteiger partial charge is 0.378 e. The third kappa shape index (κ3) is 1.98. The molecule has 0 aliphatic heterocycles. The van der Waals surface area contributed by atoms with E-state index in [1.807, 2.05) is 0 Å². The molecule has 1 rings (SSSR count). The quantitative estimate of drug-likeness (QED) is 0.426. The lowest BCUT2D eigenvalue weighted by atomic mass is 10.3. The number of pyridine rings is 1. The van der Waals surface area contributed by atoms with E-state index >= 15 is 0 Å². The summed E-state index contributed by atoms with van der Waals surface area (Å²) < 4.78 is 0. The second-order valence-electron chi connectivity index (χ2n) is 2.52. The fourth-order valence-electron chi connectivity index (χ4n) is 0.987. The molecular formula is C8H10N4O2. The first-order valence-corrected chi connectivity index (χ1v) is 3.90. The molecule has 0 saturated heterocycles. The van der Waals surface area contributed by atoms with E-state index < -0.39 is 4.92 Å². The van der Waals surface area contributed by atoms with Crippen LogP contribution in [0.15, 0.2) is 24.9 Å². The second-order valence-corrected chi connectivity index (χ2v) is 2.52. The van der Waals surface area contributed by atoms with Gasteiger partial charge in [-0.2, -0.15) is 0 Å². The predicted molar refractivity (Wildman–Crippen MR) is 54.0 cm³/mol. The van der Waals surface area contributed by atoms with E-state index in [1.165, 1.54) is 12.3 Å². The standard InChI is InChI=1S/C8H10N4O2/c1-2-4-10-6-3-5-11-8(9)7(6)12(13)14/h2-3,5H,1,4H2,(H3,9,10,11). The van der Waals surface area contributed by atoms with Crippen molar-refractivity contribution in [1.82, 2.24) is 4.98 Å². The van der Waals surface area contributed by atoms with Crippen LogP contribution in [0.1, 0.15) is 0 Å². The van der Waals surface area contributed by atoms with Crippen molar-refractivity contribution in [3.8, 4) is 0 Å². The molecule has 0 bridgehead atoms. The van der Waals surface area contributed by atoms with Crippen LogP contribution in [0.4, 0.5) is 17.2 Å². The predicted octanol–water partition coefficient (Wildman–Crippen LogP) is 1.17. The molecule has 0 unspecified atom stereocenters. The minimum atomic E-state index is -0.562. The molecule has 6 heteroatoms. The number of nitrogen functional groups attached to an aromatic ring is 1. The number of aromatic nitrogens is 1. The fraction of sp³-hybridized carbons (Fsp3) is 0.125. The normalized spacial score (nSPS) is 9.43. The summed E-state index contributed by atoms with van der Waals surface area (Å²) in [5.74, 6) is -0.0935. The van der Waals surface area contributed by atoms with Gasteiger partial charge in [-0.25, -0.2) is 4.98 Å². The van der Waals surface area contributed by atoms with Crippen molar-refractivity contribution in [2.75, 3.05) is 17.6 Å². The monoisotopic (exact) mass is 194 g/mol. The Kier molecular flexibility index (Phi) is 3.01. The van der Waals surface area contributed by atoms with Crippen molar-refractivity contribution in [1.29, 1.82) is 0 Å². The van der Waals surface area contributed by atoms with Crippen LogP contribution in [0.25, 0.3) is 0 Å². The van der Waals surface area contributed by atoms with Crippen LogP contribution >= 0.6 is 0 Å². The summed E-state index contributed by atoms with van der Waals surface area (Å²) in [6.45, 7) is 3.93. The molecule has 14 heavy (non-hydrogen) atoms. The van der Waals surface area contributed by atoms with E-state index in [-0.39, 0.29) is 11.5 Å². The maximum atomic E-state index is 10.6. The lowest BCUT2D eigenvalue weighted by Gasteiger charge is -2.04. The summed E-state index contributed by atoms with van der Waals surface area (Å²) >= 11 is 0. The van der Waals surface area contributed by atoms with Crippen molar-refractivity contribution < 1.29 is 4.92 Å². The van der Waals surface area contributed by atoms with Crippen molar-refractivity contribution in [3.05, 3.63) is 35.0 Å². The molecule has 0 fully saturated rings. The molecule has 1 aromatic rings. The Bertz CT molecular complexity index is 364. The lowest BCUT2D eigenvalue weighted by Crippen LogP contribution is -2.05. The van der Waals surface area contributed by atoms with Gasteiger partial charge in [-0.05, 0) is 6.07 Å². The van der Waals surface area contributed by atoms with E-state index in [0.29, 0.717) is 12.2 Å². The Labute approximate surface area is 80.6 Å². The van der Waals surface area contributed by atoms with Crippen LogP contribution in [-0.2, 0) is 0 Å². The zero-order valence-corrected chi connectivity index (χ0v) is 7.43. The molecule has 0 aromatic carbocycles. The van der Waals surface area contributed by atoms with Gasteiger partial charge in [0.1, 0.15) is 5.69 Å². The molecule has 6 nitrogen and oxygen atoms in total. The number of hydrogen-bond donors (Lipinski definition) is 2. The van der Waals surface area contributed by atoms with Gasteiger partial charge in [0, 0.05) is 12.7 Å². The zero-order valence-electron chi connectivity index (χ0n) is 7.43. The van der Waals surface area contributed by atoms with E-state index in [0.717, 1.165) is 0 Å². The van der Waals surface area contributed by atoms with Gasteiger partial charge in [0.05, 0.1) is 4.92 Å². The van der Waals surface area contributed by atoms with Crippen LogP contribution in [-0.4, -0.2) is 16.5 Å². The molecule has 0 amide bonds. The lowest BCUT2D eigenvalue weighted by molar-refractivity contribution is -0.383. The summed E-state index contributed by atoms with van der Waals surface area (Å²) in [6.07, 6.45) is 3.01. The third-order valence-electron chi connectivity index (χ3n) is 1.57. The first kappa shape index (κ1) is 9.97. The highest BCUT2D eigenvalue weighted by molar-refractivity contribution is 5.71. The zero-order chi connectivity index (χ0) is 10.6. The Morgan fingerprint density at radius 2 is 2.50 bits per heavy atom. The Morgan fingerprint density at radius 3 is 3.07 bits per heavy atom. The molecule has 3 N–H and O–H groups in total. The Hall–Kier alpha value is -2.11. The summed E-state index contributed by atoms with van der Waals surface area (Å²) in [5.41, 5.74) is 5.53. The average molecular weight is 194 g/mol. The number of rotatable bonds is 4. The van der Waals surface area contributed by atoms with E-state index in [4.69, 9.17) is 5.73 Å². The third-order valence-corrected chi connectivity index (χ3v) is 1.57. The van der Waals surface area contributed by atoms with Crippen LogP contribution in [0.2, 0.25) is 0 Å². The van der Waals surface area contributed by atoms with E-state index in [9.17, 15) is 10.1 Å². The molecule has 0 atom stereocenters. The van der Waals surface area contributed by atoms with Gasteiger partial charge in [0.15, 0.2) is 0 Å². The molecule has 0 radical (unpaired) electrons. The van der Waals surface area contributed by atoms with Crippen molar-refractivity contribution in [2.24, 2.45) is 0 Å². The first-order valence-electron chi connectivity index (χ1n) is 3.90. The minimum Gasteiger partial charge on any atom is -0.378 e. The van der Waals surface area contributed by atoms with Crippen LogP contribution < -0.4 is 11.1 Å². The molecule has 1 aromatic heterocycles. The highest BCUT2D eigenvalue weighted by Crippen LogP contribution is 2.28. The summed E-state index contributed by atoms with van der Waals surface area (Å²) in [5, 5.41) is 13.4. The summed E-state index contributed by atoms with van der Waals surface area (Å²) in [6, 6.07) is 1.50. The van der Waals surface area contributed by atoms with Crippen molar-refractivity contribution in [3.63, 3.8) is 0 Å². The molecule has 0 aliphatic carbocycles. The average Bonchev–Trinajstić information content (AvgIpc) is 2.14. The maximum absolute atomic E-state index is 10.6. The first-order chi connectivity index (χ1) is 6.66. The highest BCUT2D eigenvalue weighted by atomic mass is 16.6. The van der Waals surface area contributed by atoms with Gasteiger partial charge in [-0.3, -0.25) is 10.1 Å². The van der Waals surface area contributed by atoms with Gasteiger partial charge in [0.25, 0.3) is 0 Å². The highest BCUT2D eigenvalue weighted by Gasteiger charge is 2.17. The maximum Gasteiger partial charge on any atom is 0.333 e. The van der Waals surface area contributed by atoms with Gasteiger partial charge in [-0.15, -0.1) is 6.58 Å². The van der Waals surface area contributed by atoms with Gasteiger partial charge < -0.3 is 11.1 Å². The summed E-state index contributed by atoms with van der Waals surface area (Å²) in [4.78, 5) is 13.7. The minimum absolute atomic E-state index is 0.0935. The number of nitro groups is 1. The number of nitrogens with two attached hydrogens (primary N) is 1. The van der Waals surface area contributed by atoms with Gasteiger partial charge >= 0.3 is 5.69 Å².